The molecule has 2 heterocycles. The summed E-state index contributed by atoms with van der Waals surface area (Å²) in [5.74, 6) is 0.882. The number of hydrogen-bond donors (Lipinski definition) is 1. The van der Waals surface area contributed by atoms with Gasteiger partial charge in [-0.1, -0.05) is 6.42 Å². The van der Waals surface area contributed by atoms with Gasteiger partial charge in [-0.2, -0.15) is 0 Å². The molecule has 0 saturated carbocycles. The molecule has 110 valence electrons. The van der Waals surface area contributed by atoms with Crippen molar-refractivity contribution in [1.82, 2.24) is 4.90 Å². The van der Waals surface area contributed by atoms with Gasteiger partial charge in [-0.05, 0) is 38.4 Å². The highest BCUT2D eigenvalue weighted by atomic mass is 16.5. The Labute approximate surface area is 121 Å². The summed E-state index contributed by atoms with van der Waals surface area (Å²) in [5, 5.41) is 0. The van der Waals surface area contributed by atoms with Crippen LogP contribution in [0, 0.1) is 0 Å². The average molecular weight is 275 g/mol. The molecule has 20 heavy (non-hydrogen) atoms. The molecule has 3 rings (SSSR count). The Balaban J connectivity index is 1.85. The van der Waals surface area contributed by atoms with Gasteiger partial charge in [0.05, 0.1) is 18.5 Å². The van der Waals surface area contributed by atoms with Crippen molar-refractivity contribution in [3.05, 3.63) is 18.2 Å². The van der Waals surface area contributed by atoms with E-state index >= 15 is 0 Å². The predicted octanol–water partition coefficient (Wildman–Crippen LogP) is 2.34. The van der Waals surface area contributed by atoms with E-state index in [0.29, 0.717) is 12.1 Å². The number of hydrogen-bond acceptors (Lipinski definition) is 4. The van der Waals surface area contributed by atoms with E-state index in [4.69, 9.17) is 10.5 Å². The molecule has 2 fully saturated rings. The van der Waals surface area contributed by atoms with E-state index in [1.807, 2.05) is 12.1 Å². The number of methoxy groups -OCH3 is 1. The molecule has 1 aromatic carbocycles. The number of nitrogens with zero attached hydrogens (tertiary/aromatic N) is 2. The smallest absolute Gasteiger partial charge is 0.121 e. The molecule has 0 aliphatic carbocycles. The molecule has 2 N–H and O–H groups in total. The molecule has 0 bridgehead atoms. The minimum atomic E-state index is 0.499. The molecule has 0 radical (unpaired) electrons. The van der Waals surface area contributed by atoms with Crippen LogP contribution in [-0.4, -0.2) is 43.7 Å². The SMILES string of the molecule is COc1ccc(N)c(N2CC3CCCCN3CC2C)c1. The summed E-state index contributed by atoms with van der Waals surface area (Å²) in [6.07, 6.45) is 4.02. The number of nitrogens with two attached hydrogens (primary N) is 1. The predicted molar refractivity (Wildman–Crippen MR) is 83.4 cm³/mol. The summed E-state index contributed by atoms with van der Waals surface area (Å²) >= 11 is 0. The molecule has 0 aromatic heterocycles. The topological polar surface area (TPSA) is 41.7 Å². The lowest BCUT2D eigenvalue weighted by Crippen LogP contribution is -2.59. The van der Waals surface area contributed by atoms with Crippen molar-refractivity contribution in [3.63, 3.8) is 0 Å². The van der Waals surface area contributed by atoms with Crippen LogP contribution in [0.4, 0.5) is 11.4 Å². The third kappa shape index (κ3) is 2.44. The summed E-state index contributed by atoms with van der Waals surface area (Å²) in [7, 11) is 1.71. The Hall–Kier alpha value is -1.42. The Bertz CT molecular complexity index is 477. The second-order valence-corrected chi connectivity index (χ2v) is 6.07. The van der Waals surface area contributed by atoms with E-state index in [9.17, 15) is 0 Å². The lowest BCUT2D eigenvalue weighted by atomic mass is 9.96. The number of rotatable bonds is 2. The second-order valence-electron chi connectivity index (χ2n) is 6.07. The van der Waals surface area contributed by atoms with Crippen molar-refractivity contribution in [3.8, 4) is 5.75 Å². The van der Waals surface area contributed by atoms with Gasteiger partial charge < -0.3 is 15.4 Å². The fourth-order valence-corrected chi connectivity index (χ4v) is 3.59. The van der Waals surface area contributed by atoms with Crippen LogP contribution in [-0.2, 0) is 0 Å². The summed E-state index contributed by atoms with van der Waals surface area (Å²) in [6.45, 7) is 5.78. The molecular weight excluding hydrogens is 250 g/mol. The summed E-state index contributed by atoms with van der Waals surface area (Å²) in [6, 6.07) is 7.14. The van der Waals surface area contributed by atoms with Crippen molar-refractivity contribution >= 4 is 11.4 Å². The number of nitrogen functional groups attached to an aromatic ring is 1. The quantitative estimate of drug-likeness (QED) is 0.841. The first-order valence-corrected chi connectivity index (χ1v) is 7.63. The highest BCUT2D eigenvalue weighted by Crippen LogP contribution is 2.33. The van der Waals surface area contributed by atoms with Gasteiger partial charge in [0.25, 0.3) is 0 Å². The van der Waals surface area contributed by atoms with Crippen LogP contribution in [0.15, 0.2) is 18.2 Å². The van der Waals surface area contributed by atoms with Crippen LogP contribution in [0.25, 0.3) is 0 Å². The molecule has 0 spiro atoms. The molecular formula is C16H25N3O. The van der Waals surface area contributed by atoms with Crippen LogP contribution in [0.5, 0.6) is 5.75 Å². The Kier molecular flexibility index (Phi) is 3.74. The number of ether oxygens (including phenoxy) is 1. The normalized spacial score (nSPS) is 27.2. The average Bonchev–Trinajstić information content (AvgIpc) is 2.47. The van der Waals surface area contributed by atoms with E-state index in [0.717, 1.165) is 30.2 Å². The molecule has 1 aromatic rings. The van der Waals surface area contributed by atoms with Crippen LogP contribution < -0.4 is 15.4 Å². The molecule has 4 nitrogen and oxygen atoms in total. The van der Waals surface area contributed by atoms with Gasteiger partial charge in [0.1, 0.15) is 5.75 Å². The Morgan fingerprint density at radius 2 is 2.10 bits per heavy atom. The molecule has 4 heteroatoms. The number of piperidine rings is 1. The number of fused-ring (bicyclic) bond motifs is 1. The third-order valence-electron chi connectivity index (χ3n) is 4.73. The summed E-state index contributed by atoms with van der Waals surface area (Å²) in [5.41, 5.74) is 8.17. The zero-order chi connectivity index (χ0) is 14.1. The third-order valence-corrected chi connectivity index (χ3v) is 4.73. The minimum absolute atomic E-state index is 0.499. The lowest BCUT2D eigenvalue weighted by Gasteiger charge is -2.48. The molecule has 2 aliphatic heterocycles. The first-order chi connectivity index (χ1) is 9.69. The maximum atomic E-state index is 6.19. The molecule has 0 amide bonds. The first kappa shape index (κ1) is 13.6. The maximum absolute atomic E-state index is 6.19. The number of benzene rings is 1. The van der Waals surface area contributed by atoms with E-state index < -0.39 is 0 Å². The van der Waals surface area contributed by atoms with Crippen molar-refractivity contribution < 1.29 is 4.74 Å². The Morgan fingerprint density at radius 3 is 2.90 bits per heavy atom. The summed E-state index contributed by atoms with van der Waals surface area (Å²) in [4.78, 5) is 5.12. The standard InChI is InChI=1S/C16H25N3O/c1-12-10-18-8-4-3-5-13(18)11-19(12)16-9-14(20-2)6-7-15(16)17/h6-7,9,12-13H,3-5,8,10-11,17H2,1-2H3. The van der Waals surface area contributed by atoms with Crippen LogP contribution >= 0.6 is 0 Å². The first-order valence-electron chi connectivity index (χ1n) is 7.63. The number of anilines is 2. The van der Waals surface area contributed by atoms with E-state index in [1.165, 1.54) is 25.8 Å². The van der Waals surface area contributed by atoms with E-state index in [-0.39, 0.29) is 0 Å². The van der Waals surface area contributed by atoms with Gasteiger partial charge in [0.2, 0.25) is 0 Å². The fraction of sp³-hybridized carbons (Fsp3) is 0.625. The van der Waals surface area contributed by atoms with E-state index in [1.54, 1.807) is 7.11 Å². The van der Waals surface area contributed by atoms with Crippen LogP contribution in [0.1, 0.15) is 26.2 Å². The fourth-order valence-electron chi connectivity index (χ4n) is 3.59. The van der Waals surface area contributed by atoms with Crippen LogP contribution in [0.3, 0.4) is 0 Å². The van der Waals surface area contributed by atoms with Gasteiger partial charge in [-0.3, -0.25) is 4.90 Å². The lowest BCUT2D eigenvalue weighted by molar-refractivity contribution is 0.115. The maximum Gasteiger partial charge on any atom is 0.121 e. The second kappa shape index (κ2) is 5.52. The monoisotopic (exact) mass is 275 g/mol. The summed E-state index contributed by atoms with van der Waals surface area (Å²) < 4.78 is 5.35. The van der Waals surface area contributed by atoms with Gasteiger partial charge in [-0.25, -0.2) is 0 Å². The molecule has 2 saturated heterocycles. The largest absolute Gasteiger partial charge is 0.497 e. The van der Waals surface area contributed by atoms with Crippen molar-refractivity contribution in [2.75, 3.05) is 37.4 Å². The molecule has 2 atom stereocenters. The number of piperazine rings is 1. The van der Waals surface area contributed by atoms with Gasteiger partial charge in [-0.15, -0.1) is 0 Å². The molecule has 2 aliphatic rings. The van der Waals surface area contributed by atoms with Gasteiger partial charge in [0.15, 0.2) is 0 Å². The Morgan fingerprint density at radius 1 is 1.25 bits per heavy atom. The van der Waals surface area contributed by atoms with Crippen molar-refractivity contribution in [2.24, 2.45) is 0 Å². The highest BCUT2D eigenvalue weighted by molar-refractivity contribution is 5.70. The van der Waals surface area contributed by atoms with Crippen LogP contribution in [0.2, 0.25) is 0 Å². The zero-order valence-corrected chi connectivity index (χ0v) is 12.5. The van der Waals surface area contributed by atoms with Gasteiger partial charge in [0, 0.05) is 31.2 Å². The van der Waals surface area contributed by atoms with Gasteiger partial charge >= 0.3 is 0 Å². The van der Waals surface area contributed by atoms with Crippen molar-refractivity contribution in [1.29, 1.82) is 0 Å². The van der Waals surface area contributed by atoms with Crippen molar-refractivity contribution in [2.45, 2.75) is 38.3 Å². The van der Waals surface area contributed by atoms with E-state index in [2.05, 4.69) is 22.8 Å². The minimum Gasteiger partial charge on any atom is -0.497 e. The zero-order valence-electron chi connectivity index (χ0n) is 12.5. The highest BCUT2D eigenvalue weighted by Gasteiger charge is 2.33. The molecule has 2 unspecified atom stereocenters.